The highest BCUT2D eigenvalue weighted by Crippen LogP contribution is 2.23. The molecule has 1 aliphatic heterocycles. The first kappa shape index (κ1) is 58.2. The van der Waals surface area contributed by atoms with E-state index in [1.54, 1.807) is 0 Å². The monoisotopic (exact) mass is 881 g/mol. The molecule has 1 aliphatic rings. The van der Waals surface area contributed by atoms with Crippen molar-refractivity contribution in [3.05, 3.63) is 24.3 Å². The summed E-state index contributed by atoms with van der Waals surface area (Å²) in [4.78, 5) is 25.4. The highest BCUT2D eigenvalue weighted by molar-refractivity contribution is 5.70. The summed E-state index contributed by atoms with van der Waals surface area (Å²) in [6, 6.07) is 0. The molecule has 1 fully saturated rings. The second-order valence-corrected chi connectivity index (χ2v) is 18.0. The summed E-state index contributed by atoms with van der Waals surface area (Å²) in [5.41, 5.74) is 0. The van der Waals surface area contributed by atoms with Crippen LogP contribution in [0.5, 0.6) is 0 Å². The van der Waals surface area contributed by atoms with Crippen molar-refractivity contribution in [3.8, 4) is 0 Å². The smallest absolute Gasteiger partial charge is 0.306 e. The van der Waals surface area contributed by atoms with Crippen molar-refractivity contribution in [2.45, 2.75) is 275 Å². The largest absolute Gasteiger partial charge is 0.462 e. The Bertz CT molecular complexity index is 1060. The van der Waals surface area contributed by atoms with Crippen molar-refractivity contribution in [3.63, 3.8) is 0 Å². The lowest BCUT2D eigenvalue weighted by Crippen LogP contribution is -2.59. The van der Waals surface area contributed by atoms with Crippen molar-refractivity contribution in [1.82, 2.24) is 0 Å². The number of hydrogen-bond donors (Lipinski definition) is 4. The average molecular weight is 881 g/mol. The fraction of sp³-hybridized carbons (Fsp3) is 0.885. The summed E-state index contributed by atoms with van der Waals surface area (Å²) >= 11 is 0. The molecular formula is C52H96O10. The zero-order chi connectivity index (χ0) is 45.1. The number of rotatable bonds is 44. The highest BCUT2D eigenvalue weighted by Gasteiger charge is 2.44. The third kappa shape index (κ3) is 33.7. The molecule has 1 heterocycles. The summed E-state index contributed by atoms with van der Waals surface area (Å²) in [5.74, 6) is -0.804. The van der Waals surface area contributed by atoms with Crippen LogP contribution in [0.3, 0.4) is 0 Å². The molecule has 0 aromatic rings. The second-order valence-electron chi connectivity index (χ2n) is 18.0. The molecule has 0 spiro atoms. The Morgan fingerprint density at radius 1 is 0.484 bits per heavy atom. The molecule has 1 saturated heterocycles. The van der Waals surface area contributed by atoms with Crippen molar-refractivity contribution in [2.24, 2.45) is 0 Å². The number of ether oxygens (including phenoxy) is 4. The second kappa shape index (κ2) is 43.1. The molecule has 0 aromatic heterocycles. The van der Waals surface area contributed by atoms with Crippen LogP contribution in [0.2, 0.25) is 0 Å². The molecule has 0 amide bonds. The molecule has 0 bridgehead atoms. The quantitative estimate of drug-likeness (QED) is 0.0264. The fourth-order valence-electron chi connectivity index (χ4n) is 7.94. The first-order chi connectivity index (χ1) is 30.3. The zero-order valence-electron chi connectivity index (χ0n) is 39.9. The van der Waals surface area contributed by atoms with Gasteiger partial charge in [0.1, 0.15) is 31.0 Å². The van der Waals surface area contributed by atoms with E-state index in [0.717, 1.165) is 51.4 Å². The average Bonchev–Trinajstić information content (AvgIpc) is 3.27. The Morgan fingerprint density at radius 3 is 1.26 bits per heavy atom. The molecule has 0 aliphatic carbocycles. The van der Waals surface area contributed by atoms with Gasteiger partial charge >= 0.3 is 11.9 Å². The molecule has 10 nitrogen and oxygen atoms in total. The third-order valence-corrected chi connectivity index (χ3v) is 12.1. The van der Waals surface area contributed by atoms with Crippen molar-refractivity contribution in [1.29, 1.82) is 0 Å². The van der Waals surface area contributed by atoms with Gasteiger partial charge in [0.2, 0.25) is 0 Å². The van der Waals surface area contributed by atoms with Gasteiger partial charge in [-0.05, 0) is 64.2 Å². The van der Waals surface area contributed by atoms with Crippen LogP contribution in [0.15, 0.2) is 24.3 Å². The maximum absolute atomic E-state index is 12.8. The zero-order valence-corrected chi connectivity index (χ0v) is 39.9. The van der Waals surface area contributed by atoms with Crippen molar-refractivity contribution in [2.75, 3.05) is 19.8 Å². The highest BCUT2D eigenvalue weighted by atomic mass is 16.7. The molecular weight excluding hydrogens is 785 g/mol. The number of esters is 2. The molecule has 364 valence electrons. The van der Waals surface area contributed by atoms with E-state index in [9.17, 15) is 30.0 Å². The van der Waals surface area contributed by atoms with Gasteiger partial charge in [0, 0.05) is 12.8 Å². The van der Waals surface area contributed by atoms with Gasteiger partial charge in [-0.3, -0.25) is 9.59 Å². The molecule has 1 rings (SSSR count). The first-order valence-electron chi connectivity index (χ1n) is 25.9. The topological polar surface area (TPSA) is 152 Å². The van der Waals surface area contributed by atoms with Crippen molar-refractivity contribution < 1.29 is 49.0 Å². The number of carbonyl (C=O) groups excluding carboxylic acids is 2. The van der Waals surface area contributed by atoms with Crippen LogP contribution >= 0.6 is 0 Å². The Labute approximate surface area is 379 Å². The summed E-state index contributed by atoms with van der Waals surface area (Å²) in [6.45, 7) is 3.44. The van der Waals surface area contributed by atoms with E-state index in [2.05, 4.69) is 38.2 Å². The molecule has 0 radical (unpaired) electrons. The number of hydrogen-bond acceptors (Lipinski definition) is 10. The number of allylic oxidation sites excluding steroid dienone is 4. The normalized spacial score (nSPS) is 19.7. The Morgan fingerprint density at radius 2 is 0.855 bits per heavy atom. The Balaban J connectivity index is 2.26. The standard InChI is InChI=1S/C52H96O10/c1-3-5-7-9-11-13-15-17-19-21-23-25-27-29-31-33-35-37-39-41-48(55)61-45(44-60-52-51(58)50(57)49(56)46(42-53)62-52)43-59-47(54)40-38-36-34-32-30-28-26-24-22-20-18-16-14-12-10-8-6-4-2/h17,19-20,22,45-46,49-53,56-58H,3-16,18,21,23-44H2,1-2H3/b19-17-,22-20-. The summed E-state index contributed by atoms with van der Waals surface area (Å²) < 4.78 is 22.2. The van der Waals surface area contributed by atoms with Gasteiger partial charge in [0.05, 0.1) is 13.2 Å². The molecule has 0 aromatic carbocycles. The van der Waals surface area contributed by atoms with E-state index in [1.165, 1.54) is 154 Å². The minimum Gasteiger partial charge on any atom is -0.462 e. The van der Waals surface area contributed by atoms with Crippen LogP contribution in [0.1, 0.15) is 239 Å². The first-order valence-corrected chi connectivity index (χ1v) is 25.9. The van der Waals surface area contributed by atoms with E-state index >= 15 is 0 Å². The van der Waals surface area contributed by atoms with Gasteiger partial charge in [0.15, 0.2) is 12.4 Å². The Hall–Kier alpha value is -1.82. The van der Waals surface area contributed by atoms with Crippen LogP contribution < -0.4 is 0 Å². The predicted octanol–water partition coefficient (Wildman–Crippen LogP) is 12.1. The summed E-state index contributed by atoms with van der Waals surface area (Å²) in [6.07, 6.45) is 41.8. The van der Waals surface area contributed by atoms with Gasteiger partial charge in [-0.15, -0.1) is 0 Å². The van der Waals surface area contributed by atoms with E-state index < -0.39 is 49.4 Å². The van der Waals surface area contributed by atoms with Gasteiger partial charge in [-0.25, -0.2) is 0 Å². The van der Waals surface area contributed by atoms with Crippen LogP contribution in [-0.2, 0) is 28.5 Å². The number of aliphatic hydroxyl groups is 4. The minimum atomic E-state index is -1.59. The Kier molecular flexibility index (Phi) is 40.4. The molecule has 0 saturated carbocycles. The molecule has 6 unspecified atom stereocenters. The summed E-state index contributed by atoms with van der Waals surface area (Å²) in [7, 11) is 0. The van der Waals surface area contributed by atoms with Crippen LogP contribution in [0.25, 0.3) is 0 Å². The van der Waals surface area contributed by atoms with Gasteiger partial charge in [-0.2, -0.15) is 0 Å². The van der Waals surface area contributed by atoms with Crippen LogP contribution in [0.4, 0.5) is 0 Å². The lowest BCUT2D eigenvalue weighted by atomic mass is 9.99. The molecule has 4 N–H and O–H groups in total. The lowest BCUT2D eigenvalue weighted by molar-refractivity contribution is -0.305. The van der Waals surface area contributed by atoms with Crippen LogP contribution in [0, 0.1) is 0 Å². The fourth-order valence-corrected chi connectivity index (χ4v) is 7.94. The van der Waals surface area contributed by atoms with E-state index in [4.69, 9.17) is 18.9 Å². The van der Waals surface area contributed by atoms with Gasteiger partial charge in [0.25, 0.3) is 0 Å². The third-order valence-electron chi connectivity index (χ3n) is 12.1. The van der Waals surface area contributed by atoms with E-state index in [0.29, 0.717) is 6.42 Å². The van der Waals surface area contributed by atoms with Crippen molar-refractivity contribution >= 4 is 11.9 Å². The van der Waals surface area contributed by atoms with E-state index in [-0.39, 0.29) is 32.0 Å². The number of carbonyl (C=O) groups is 2. The lowest BCUT2D eigenvalue weighted by Gasteiger charge is -2.39. The number of unbranched alkanes of at least 4 members (excludes halogenated alkanes) is 29. The molecule has 62 heavy (non-hydrogen) atoms. The van der Waals surface area contributed by atoms with E-state index in [1.807, 2.05) is 0 Å². The van der Waals surface area contributed by atoms with Gasteiger partial charge < -0.3 is 39.4 Å². The van der Waals surface area contributed by atoms with Crippen LogP contribution in [-0.4, -0.2) is 89.0 Å². The molecule has 6 atom stereocenters. The SMILES string of the molecule is CCCCCCCC/C=C\CCCCCCCCCCCC(=O)OC(COC(=O)CCCCCCCCC/C=C\CCCCCCCCC)COC1OC(CO)C(O)C(O)C1O. The minimum absolute atomic E-state index is 0.217. The number of aliphatic hydroxyl groups excluding tert-OH is 4. The maximum atomic E-state index is 12.8. The molecule has 10 heteroatoms. The summed E-state index contributed by atoms with van der Waals surface area (Å²) in [5, 5.41) is 40.2. The predicted molar refractivity (Wildman–Crippen MR) is 252 cm³/mol. The van der Waals surface area contributed by atoms with Gasteiger partial charge in [-0.1, -0.05) is 186 Å². The maximum Gasteiger partial charge on any atom is 0.306 e.